The van der Waals surface area contributed by atoms with Crippen LogP contribution in [0.1, 0.15) is 56.1 Å². The van der Waals surface area contributed by atoms with Gasteiger partial charge in [-0.15, -0.1) is 0 Å². The topological polar surface area (TPSA) is 99.7 Å². The summed E-state index contributed by atoms with van der Waals surface area (Å²) in [6.07, 6.45) is 8.06. The van der Waals surface area contributed by atoms with Gasteiger partial charge in [0.2, 0.25) is 5.91 Å². The first-order valence-electron chi connectivity index (χ1n) is 10.7. The van der Waals surface area contributed by atoms with Gasteiger partial charge < -0.3 is 20.3 Å². The summed E-state index contributed by atoms with van der Waals surface area (Å²) in [5, 5.41) is 7.42. The number of nitrogens with zero attached hydrogens (tertiary/aromatic N) is 2. The molecule has 0 radical (unpaired) electrons. The first-order valence-corrected chi connectivity index (χ1v) is 10.7. The molecule has 3 N–H and O–H groups in total. The van der Waals surface area contributed by atoms with Gasteiger partial charge in [-0.2, -0.15) is 0 Å². The van der Waals surface area contributed by atoms with E-state index in [4.69, 9.17) is 15.9 Å². The number of carbonyl (C=O) groups excluding carboxylic acids is 2. The summed E-state index contributed by atoms with van der Waals surface area (Å²) in [4.78, 5) is 28.6. The van der Waals surface area contributed by atoms with Crippen LogP contribution in [0.4, 0.5) is 4.79 Å². The van der Waals surface area contributed by atoms with E-state index in [9.17, 15) is 9.59 Å². The smallest absolute Gasteiger partial charge is 0.410 e. The van der Waals surface area contributed by atoms with Crippen molar-refractivity contribution in [2.45, 2.75) is 57.5 Å². The van der Waals surface area contributed by atoms with Gasteiger partial charge in [-0.3, -0.25) is 10.2 Å². The van der Waals surface area contributed by atoms with E-state index in [1.807, 2.05) is 12.1 Å². The lowest BCUT2D eigenvalue weighted by Crippen LogP contribution is -2.51. The van der Waals surface area contributed by atoms with Crippen molar-refractivity contribution in [2.24, 2.45) is 5.73 Å². The van der Waals surface area contributed by atoms with Crippen molar-refractivity contribution < 1.29 is 14.3 Å². The number of rotatable bonds is 4. The van der Waals surface area contributed by atoms with E-state index in [-0.39, 0.29) is 23.9 Å². The van der Waals surface area contributed by atoms with Crippen molar-refractivity contribution in [2.75, 3.05) is 26.2 Å². The van der Waals surface area contributed by atoms with Crippen LogP contribution in [0.15, 0.2) is 24.3 Å². The summed E-state index contributed by atoms with van der Waals surface area (Å²) in [7, 11) is 0. The van der Waals surface area contributed by atoms with Crippen molar-refractivity contribution >= 4 is 17.8 Å². The van der Waals surface area contributed by atoms with Gasteiger partial charge in [0.25, 0.3) is 0 Å². The third-order valence-electron chi connectivity index (χ3n) is 5.83. The fourth-order valence-corrected chi connectivity index (χ4v) is 3.98. The molecule has 2 aliphatic rings. The number of benzene rings is 1. The lowest BCUT2D eigenvalue weighted by Gasteiger charge is -2.35. The molecular weight excluding hydrogens is 368 g/mol. The Morgan fingerprint density at radius 2 is 1.48 bits per heavy atom. The van der Waals surface area contributed by atoms with E-state index in [0.29, 0.717) is 38.2 Å². The summed E-state index contributed by atoms with van der Waals surface area (Å²) >= 11 is 0. The van der Waals surface area contributed by atoms with E-state index >= 15 is 0 Å². The maximum absolute atomic E-state index is 12.6. The molecule has 0 unspecified atom stereocenters. The molecule has 1 aliphatic carbocycles. The minimum atomic E-state index is -0.234. The first kappa shape index (κ1) is 21.1. The third kappa shape index (κ3) is 6.21. The summed E-state index contributed by atoms with van der Waals surface area (Å²) in [6, 6.07) is 7.18. The van der Waals surface area contributed by atoms with Gasteiger partial charge in [-0.05, 0) is 31.2 Å². The van der Waals surface area contributed by atoms with Crippen LogP contribution in [0, 0.1) is 5.41 Å². The second kappa shape index (κ2) is 10.3. The maximum Gasteiger partial charge on any atom is 0.410 e. The molecule has 1 saturated carbocycles. The molecule has 0 aromatic heterocycles. The molecule has 29 heavy (non-hydrogen) atoms. The van der Waals surface area contributed by atoms with E-state index in [1.54, 1.807) is 21.9 Å². The van der Waals surface area contributed by atoms with Crippen LogP contribution in [-0.4, -0.2) is 59.9 Å². The molecule has 0 spiro atoms. The van der Waals surface area contributed by atoms with Gasteiger partial charge in [0.1, 0.15) is 11.9 Å². The van der Waals surface area contributed by atoms with E-state index in [1.165, 1.54) is 19.3 Å². The second-order valence-electron chi connectivity index (χ2n) is 8.01. The lowest BCUT2D eigenvalue weighted by atomic mass is 9.99. The number of piperazine rings is 1. The molecule has 1 saturated heterocycles. The molecule has 7 heteroatoms. The normalized spacial score (nSPS) is 18.6. The van der Waals surface area contributed by atoms with Gasteiger partial charge in [-0.25, -0.2) is 4.79 Å². The molecule has 1 aromatic rings. The number of carbonyl (C=O) groups is 2. The first-order chi connectivity index (χ1) is 14.0. The number of amides is 2. The summed E-state index contributed by atoms with van der Waals surface area (Å²) in [5.41, 5.74) is 7.00. The second-order valence-corrected chi connectivity index (χ2v) is 8.01. The quantitative estimate of drug-likeness (QED) is 0.599. The van der Waals surface area contributed by atoms with Crippen LogP contribution in [0.25, 0.3) is 0 Å². The van der Waals surface area contributed by atoms with Crippen LogP contribution >= 0.6 is 0 Å². The molecule has 2 amide bonds. The summed E-state index contributed by atoms with van der Waals surface area (Å²) < 4.78 is 5.74. The van der Waals surface area contributed by atoms with Crippen molar-refractivity contribution in [1.82, 2.24) is 9.80 Å². The highest BCUT2D eigenvalue weighted by Gasteiger charge is 2.27. The Bertz CT molecular complexity index is 703. The molecule has 0 bridgehead atoms. The van der Waals surface area contributed by atoms with Crippen molar-refractivity contribution in [3.05, 3.63) is 35.4 Å². The van der Waals surface area contributed by atoms with Gasteiger partial charge in [0.15, 0.2) is 0 Å². The average Bonchev–Trinajstić information content (AvgIpc) is 2.70. The number of nitrogens with one attached hydrogen (secondary N) is 1. The van der Waals surface area contributed by atoms with E-state index in [2.05, 4.69) is 0 Å². The molecule has 3 rings (SSSR count). The Kier molecular flexibility index (Phi) is 7.49. The Morgan fingerprint density at radius 3 is 2.07 bits per heavy atom. The molecule has 7 nitrogen and oxygen atoms in total. The Morgan fingerprint density at radius 1 is 0.931 bits per heavy atom. The zero-order chi connectivity index (χ0) is 20.6. The number of nitrogen functional groups attached to an aromatic ring is 1. The van der Waals surface area contributed by atoms with Crippen LogP contribution in [0.3, 0.4) is 0 Å². The van der Waals surface area contributed by atoms with Gasteiger partial charge in [0, 0.05) is 31.7 Å². The van der Waals surface area contributed by atoms with Crippen molar-refractivity contribution in [3.63, 3.8) is 0 Å². The minimum absolute atomic E-state index is 0.0188. The number of nitrogens with two attached hydrogens (primary N) is 1. The summed E-state index contributed by atoms with van der Waals surface area (Å²) in [5.74, 6) is 0.0684. The zero-order valence-electron chi connectivity index (χ0n) is 17.1. The Hall–Kier alpha value is -2.57. The van der Waals surface area contributed by atoms with Crippen LogP contribution in [0.2, 0.25) is 0 Å². The third-order valence-corrected chi connectivity index (χ3v) is 5.83. The number of amidine groups is 1. The van der Waals surface area contributed by atoms with Crippen LogP contribution in [-0.2, 0) is 16.0 Å². The number of hydrogen-bond acceptors (Lipinski definition) is 4. The average molecular weight is 401 g/mol. The standard InChI is InChI=1S/C22H32N4O3/c23-21(24)18-10-8-17(9-11-18)16-20(27)25-12-14-26(15-13-25)22(28)29-19-6-4-2-1-3-5-7-19/h8-11,19H,1-7,12-16H2,(H3,23,24). The minimum Gasteiger partial charge on any atom is -0.446 e. The largest absolute Gasteiger partial charge is 0.446 e. The predicted molar refractivity (Wildman–Crippen MR) is 112 cm³/mol. The molecular formula is C22H32N4O3. The Labute approximate surface area is 172 Å². The highest BCUT2D eigenvalue weighted by Crippen LogP contribution is 2.20. The van der Waals surface area contributed by atoms with Gasteiger partial charge >= 0.3 is 6.09 Å². The fraction of sp³-hybridized carbons (Fsp3) is 0.591. The molecule has 158 valence electrons. The SMILES string of the molecule is N=C(N)c1ccc(CC(=O)N2CCN(C(=O)OC3CCCCCCC3)CC2)cc1. The maximum atomic E-state index is 12.6. The Balaban J connectivity index is 1.43. The number of hydrogen-bond donors (Lipinski definition) is 2. The predicted octanol–water partition coefficient (Wildman–Crippen LogP) is 2.91. The zero-order valence-corrected chi connectivity index (χ0v) is 17.1. The lowest BCUT2D eigenvalue weighted by molar-refractivity contribution is -0.132. The van der Waals surface area contributed by atoms with Crippen molar-refractivity contribution in [3.8, 4) is 0 Å². The molecule has 2 fully saturated rings. The van der Waals surface area contributed by atoms with Crippen molar-refractivity contribution in [1.29, 1.82) is 5.41 Å². The van der Waals surface area contributed by atoms with Gasteiger partial charge in [-0.1, -0.05) is 43.5 Å². The van der Waals surface area contributed by atoms with Crippen LogP contribution in [0.5, 0.6) is 0 Å². The fourth-order valence-electron chi connectivity index (χ4n) is 3.98. The number of ether oxygens (including phenoxy) is 1. The highest BCUT2D eigenvalue weighted by molar-refractivity contribution is 5.95. The molecule has 1 heterocycles. The van der Waals surface area contributed by atoms with E-state index < -0.39 is 0 Å². The highest BCUT2D eigenvalue weighted by atomic mass is 16.6. The summed E-state index contributed by atoms with van der Waals surface area (Å²) in [6.45, 7) is 2.09. The van der Waals surface area contributed by atoms with E-state index in [0.717, 1.165) is 31.2 Å². The monoisotopic (exact) mass is 400 g/mol. The van der Waals surface area contributed by atoms with Crippen LogP contribution < -0.4 is 5.73 Å². The molecule has 1 aliphatic heterocycles. The molecule has 1 aromatic carbocycles. The molecule has 0 atom stereocenters. The van der Waals surface area contributed by atoms with Gasteiger partial charge in [0.05, 0.1) is 6.42 Å².